The summed E-state index contributed by atoms with van der Waals surface area (Å²) in [6.45, 7) is 8.96. The number of nitrogens with one attached hydrogen (secondary N) is 1. The Morgan fingerprint density at radius 2 is 2.15 bits per heavy atom. The topological polar surface area (TPSA) is 21.3 Å². The van der Waals surface area contributed by atoms with Gasteiger partial charge in [-0.3, -0.25) is 0 Å². The summed E-state index contributed by atoms with van der Waals surface area (Å²) in [6, 6.07) is 0.611. The fraction of sp³-hybridized carbons (Fsp3) is 1.00. The lowest BCUT2D eigenvalue weighted by molar-refractivity contribution is -0.0171. The SMILES string of the molecule is CC1CNC2CCC(C)(C)C2OC1. The lowest BCUT2D eigenvalue weighted by Crippen LogP contribution is -2.40. The Bertz CT molecular complexity index is 191. The van der Waals surface area contributed by atoms with Gasteiger partial charge in [0.2, 0.25) is 0 Å². The number of fused-ring (bicyclic) bond motifs is 1. The first kappa shape index (κ1) is 9.47. The van der Waals surface area contributed by atoms with Gasteiger partial charge < -0.3 is 10.1 Å². The highest BCUT2D eigenvalue weighted by atomic mass is 16.5. The molecule has 2 heteroatoms. The Balaban J connectivity index is 2.07. The zero-order valence-electron chi connectivity index (χ0n) is 8.97. The normalized spacial score (nSPS) is 44.1. The predicted octanol–water partition coefficient (Wildman–Crippen LogP) is 1.80. The van der Waals surface area contributed by atoms with Gasteiger partial charge in [-0.2, -0.15) is 0 Å². The quantitative estimate of drug-likeness (QED) is 0.618. The van der Waals surface area contributed by atoms with Crippen LogP contribution in [0.25, 0.3) is 0 Å². The van der Waals surface area contributed by atoms with Crippen LogP contribution in [-0.2, 0) is 4.74 Å². The molecule has 0 aromatic carbocycles. The average Bonchev–Trinajstić information content (AvgIpc) is 2.24. The van der Waals surface area contributed by atoms with Crippen molar-refractivity contribution in [3.05, 3.63) is 0 Å². The van der Waals surface area contributed by atoms with E-state index in [4.69, 9.17) is 4.74 Å². The summed E-state index contributed by atoms with van der Waals surface area (Å²) in [5.74, 6) is 0.668. The molecule has 3 atom stereocenters. The second kappa shape index (κ2) is 3.25. The average molecular weight is 183 g/mol. The van der Waals surface area contributed by atoms with E-state index in [0.717, 1.165) is 13.2 Å². The van der Waals surface area contributed by atoms with E-state index in [1.807, 2.05) is 0 Å². The molecule has 0 bridgehead atoms. The van der Waals surface area contributed by atoms with E-state index < -0.39 is 0 Å². The summed E-state index contributed by atoms with van der Waals surface area (Å²) in [7, 11) is 0. The molecule has 1 aliphatic heterocycles. The number of hydrogen-bond donors (Lipinski definition) is 1. The van der Waals surface area contributed by atoms with Crippen LogP contribution in [0.2, 0.25) is 0 Å². The highest BCUT2D eigenvalue weighted by Crippen LogP contribution is 2.40. The molecule has 2 nitrogen and oxygen atoms in total. The molecule has 3 unspecified atom stereocenters. The molecule has 0 amide bonds. The molecule has 1 saturated heterocycles. The highest BCUT2D eigenvalue weighted by Gasteiger charge is 2.43. The minimum atomic E-state index is 0.377. The molecule has 2 rings (SSSR count). The second-order valence-electron chi connectivity index (χ2n) is 5.40. The van der Waals surface area contributed by atoms with Crippen LogP contribution in [-0.4, -0.2) is 25.3 Å². The number of ether oxygens (including phenoxy) is 1. The Labute approximate surface area is 81.0 Å². The Hall–Kier alpha value is -0.0800. The van der Waals surface area contributed by atoms with Gasteiger partial charge in [-0.05, 0) is 24.2 Å². The van der Waals surface area contributed by atoms with E-state index in [0.29, 0.717) is 23.5 Å². The second-order valence-corrected chi connectivity index (χ2v) is 5.40. The predicted molar refractivity (Wildman–Crippen MR) is 53.7 cm³/mol. The van der Waals surface area contributed by atoms with Crippen LogP contribution in [0.15, 0.2) is 0 Å². The third-order valence-electron chi connectivity index (χ3n) is 3.52. The van der Waals surface area contributed by atoms with E-state index in [1.54, 1.807) is 0 Å². The van der Waals surface area contributed by atoms with Crippen LogP contribution in [0, 0.1) is 11.3 Å². The molecule has 0 spiro atoms. The molecule has 1 aliphatic carbocycles. The summed E-state index contributed by atoms with van der Waals surface area (Å²) in [6.07, 6.45) is 3.02. The van der Waals surface area contributed by atoms with Crippen molar-refractivity contribution in [2.24, 2.45) is 11.3 Å². The molecular formula is C11H21NO. The maximum Gasteiger partial charge on any atom is 0.0778 e. The summed E-state index contributed by atoms with van der Waals surface area (Å²) in [5.41, 5.74) is 0.377. The molecular weight excluding hydrogens is 162 g/mol. The zero-order valence-corrected chi connectivity index (χ0v) is 8.97. The maximum atomic E-state index is 5.99. The lowest BCUT2D eigenvalue weighted by Gasteiger charge is -2.29. The smallest absolute Gasteiger partial charge is 0.0778 e. The fourth-order valence-corrected chi connectivity index (χ4v) is 2.60. The van der Waals surface area contributed by atoms with Crippen molar-refractivity contribution in [1.82, 2.24) is 5.32 Å². The van der Waals surface area contributed by atoms with Gasteiger partial charge in [-0.15, -0.1) is 0 Å². The van der Waals surface area contributed by atoms with Crippen LogP contribution in [0.4, 0.5) is 0 Å². The van der Waals surface area contributed by atoms with Crippen molar-refractivity contribution < 1.29 is 4.74 Å². The first-order valence-corrected chi connectivity index (χ1v) is 5.44. The maximum absolute atomic E-state index is 5.99. The van der Waals surface area contributed by atoms with Gasteiger partial charge >= 0.3 is 0 Å². The van der Waals surface area contributed by atoms with E-state index in [2.05, 4.69) is 26.1 Å². The van der Waals surface area contributed by atoms with Gasteiger partial charge in [0.05, 0.1) is 12.7 Å². The standard InChI is InChI=1S/C11H21NO/c1-8-6-12-9-4-5-11(2,3)10(9)13-7-8/h8-10,12H,4-7H2,1-3H3. The van der Waals surface area contributed by atoms with Crippen molar-refractivity contribution in [3.8, 4) is 0 Å². The van der Waals surface area contributed by atoms with Crippen LogP contribution >= 0.6 is 0 Å². The van der Waals surface area contributed by atoms with E-state index in [9.17, 15) is 0 Å². The minimum absolute atomic E-state index is 0.377. The molecule has 0 aromatic heterocycles. The molecule has 1 saturated carbocycles. The number of hydrogen-bond acceptors (Lipinski definition) is 2. The van der Waals surface area contributed by atoms with Gasteiger partial charge in [-0.25, -0.2) is 0 Å². The first-order valence-electron chi connectivity index (χ1n) is 5.44. The highest BCUT2D eigenvalue weighted by molar-refractivity contribution is 4.97. The Morgan fingerprint density at radius 3 is 2.92 bits per heavy atom. The Morgan fingerprint density at radius 1 is 1.38 bits per heavy atom. The van der Waals surface area contributed by atoms with Crippen molar-refractivity contribution in [2.45, 2.75) is 45.8 Å². The van der Waals surface area contributed by atoms with Gasteiger partial charge in [0, 0.05) is 12.6 Å². The molecule has 13 heavy (non-hydrogen) atoms. The molecule has 0 aromatic rings. The molecule has 1 N–H and O–H groups in total. The van der Waals surface area contributed by atoms with Gasteiger partial charge in [-0.1, -0.05) is 20.8 Å². The van der Waals surface area contributed by atoms with Gasteiger partial charge in [0.25, 0.3) is 0 Å². The monoisotopic (exact) mass is 183 g/mol. The summed E-state index contributed by atoms with van der Waals surface area (Å²) in [4.78, 5) is 0. The largest absolute Gasteiger partial charge is 0.376 e. The van der Waals surface area contributed by atoms with Gasteiger partial charge in [0.1, 0.15) is 0 Å². The molecule has 0 radical (unpaired) electrons. The van der Waals surface area contributed by atoms with Crippen LogP contribution in [0.1, 0.15) is 33.6 Å². The van der Waals surface area contributed by atoms with E-state index >= 15 is 0 Å². The first-order chi connectivity index (χ1) is 6.09. The summed E-state index contributed by atoms with van der Waals surface area (Å²) in [5, 5.41) is 3.62. The summed E-state index contributed by atoms with van der Waals surface area (Å²) < 4.78 is 5.99. The molecule has 1 heterocycles. The minimum Gasteiger partial charge on any atom is -0.376 e. The van der Waals surface area contributed by atoms with Crippen molar-refractivity contribution >= 4 is 0 Å². The zero-order chi connectivity index (χ0) is 9.47. The molecule has 2 aliphatic rings. The van der Waals surface area contributed by atoms with Crippen molar-refractivity contribution in [3.63, 3.8) is 0 Å². The summed E-state index contributed by atoms with van der Waals surface area (Å²) >= 11 is 0. The Kier molecular flexibility index (Phi) is 2.37. The van der Waals surface area contributed by atoms with Crippen LogP contribution in [0.5, 0.6) is 0 Å². The third kappa shape index (κ3) is 1.75. The van der Waals surface area contributed by atoms with Crippen LogP contribution < -0.4 is 5.32 Å². The fourth-order valence-electron chi connectivity index (χ4n) is 2.60. The van der Waals surface area contributed by atoms with Crippen molar-refractivity contribution in [1.29, 1.82) is 0 Å². The molecule has 76 valence electrons. The third-order valence-corrected chi connectivity index (χ3v) is 3.52. The van der Waals surface area contributed by atoms with E-state index in [-0.39, 0.29) is 0 Å². The van der Waals surface area contributed by atoms with E-state index in [1.165, 1.54) is 12.8 Å². The lowest BCUT2D eigenvalue weighted by atomic mass is 9.88. The molecule has 2 fully saturated rings. The van der Waals surface area contributed by atoms with Crippen LogP contribution in [0.3, 0.4) is 0 Å². The number of rotatable bonds is 0. The van der Waals surface area contributed by atoms with Gasteiger partial charge in [0.15, 0.2) is 0 Å². The van der Waals surface area contributed by atoms with Crippen molar-refractivity contribution in [2.75, 3.05) is 13.2 Å².